The van der Waals surface area contributed by atoms with Crippen molar-refractivity contribution >= 4 is 18.2 Å². The minimum atomic E-state index is -0.341. The summed E-state index contributed by atoms with van der Waals surface area (Å²) >= 11 is 0. The third-order valence-corrected chi connectivity index (χ3v) is 5.18. The molecular weight excluding hydrogens is 403 g/mol. The molecule has 0 spiro atoms. The Balaban J connectivity index is 0.00000107. The first-order chi connectivity index (χ1) is 14.8. The lowest BCUT2D eigenvalue weighted by molar-refractivity contribution is -0.122. The molecule has 1 unspecified atom stereocenters. The number of urea groups is 1. The van der Waals surface area contributed by atoms with Crippen LogP contribution in [0.4, 0.5) is 14.9 Å². The topological polar surface area (TPSA) is 95.0 Å². The number of halogens is 1. The predicted octanol–water partition coefficient (Wildman–Crippen LogP) is 3.30. The summed E-state index contributed by atoms with van der Waals surface area (Å²) in [6.45, 7) is 6.79. The molecule has 1 aliphatic rings. The maximum absolute atomic E-state index is 14.1. The monoisotopic (exact) mass is 432 g/mol. The number of carboxylic acid groups (broad SMARTS) is 1. The Morgan fingerprint density at radius 2 is 1.97 bits per heavy atom. The highest BCUT2D eigenvalue weighted by molar-refractivity contribution is 5.76. The Kier molecular flexibility index (Phi) is 8.60. The van der Waals surface area contributed by atoms with Gasteiger partial charge in [-0.1, -0.05) is 12.1 Å². The maximum Gasteiger partial charge on any atom is 0.318 e. The smallest absolute Gasteiger partial charge is 0.318 e. The molecule has 3 rings (SSSR count). The van der Waals surface area contributed by atoms with Gasteiger partial charge < -0.3 is 25.0 Å². The van der Waals surface area contributed by atoms with Gasteiger partial charge in [0.1, 0.15) is 5.75 Å². The van der Waals surface area contributed by atoms with Gasteiger partial charge in [0.25, 0.3) is 6.47 Å². The number of rotatable bonds is 4. The normalized spacial score (nSPS) is 19.0. The van der Waals surface area contributed by atoms with Gasteiger partial charge in [-0.2, -0.15) is 0 Å². The predicted molar refractivity (Wildman–Crippen MR) is 116 cm³/mol. The summed E-state index contributed by atoms with van der Waals surface area (Å²) in [6, 6.07) is 8.94. The zero-order valence-electron chi connectivity index (χ0n) is 18.2. The van der Waals surface area contributed by atoms with Gasteiger partial charge in [-0.15, -0.1) is 0 Å². The van der Waals surface area contributed by atoms with Crippen LogP contribution >= 0.6 is 0 Å². The van der Waals surface area contributed by atoms with Crippen LogP contribution in [0.1, 0.15) is 32.4 Å². The second-order valence-electron chi connectivity index (χ2n) is 7.39. The van der Waals surface area contributed by atoms with Gasteiger partial charge in [0, 0.05) is 31.4 Å². The molecule has 0 bridgehead atoms. The van der Waals surface area contributed by atoms with Crippen LogP contribution in [0.5, 0.6) is 5.75 Å². The molecule has 2 heterocycles. The number of methoxy groups -OCH3 is 1. The van der Waals surface area contributed by atoms with Crippen LogP contribution in [0.25, 0.3) is 0 Å². The highest BCUT2D eigenvalue weighted by Crippen LogP contribution is 2.25. The molecule has 2 N–H and O–H groups in total. The van der Waals surface area contributed by atoms with Gasteiger partial charge in [0.15, 0.2) is 5.82 Å². The van der Waals surface area contributed by atoms with Crippen molar-refractivity contribution < 1.29 is 23.8 Å². The Morgan fingerprint density at radius 1 is 1.32 bits per heavy atom. The number of anilines is 1. The van der Waals surface area contributed by atoms with Crippen LogP contribution < -0.4 is 15.0 Å². The lowest BCUT2D eigenvalue weighted by Gasteiger charge is -2.45. The molecule has 1 aromatic carbocycles. The van der Waals surface area contributed by atoms with Gasteiger partial charge in [0.2, 0.25) is 0 Å². The van der Waals surface area contributed by atoms with E-state index in [0.29, 0.717) is 18.8 Å². The summed E-state index contributed by atoms with van der Waals surface area (Å²) in [6.07, 6.45) is 2.81. The first-order valence-electron chi connectivity index (χ1n) is 9.97. The second kappa shape index (κ2) is 11.1. The van der Waals surface area contributed by atoms with Crippen molar-refractivity contribution in [2.45, 2.75) is 38.9 Å². The minimum absolute atomic E-state index is 0.0613. The number of benzene rings is 1. The van der Waals surface area contributed by atoms with E-state index in [0.717, 1.165) is 11.3 Å². The Labute approximate surface area is 181 Å². The summed E-state index contributed by atoms with van der Waals surface area (Å²) in [5.74, 6) is 0.416. The number of ether oxygens (including phenoxy) is 1. The third kappa shape index (κ3) is 6.07. The summed E-state index contributed by atoms with van der Waals surface area (Å²) in [5.41, 5.74) is 1.50. The maximum atomic E-state index is 14.1. The fourth-order valence-electron chi connectivity index (χ4n) is 3.80. The van der Waals surface area contributed by atoms with Gasteiger partial charge in [-0.05, 0) is 44.5 Å². The van der Waals surface area contributed by atoms with E-state index >= 15 is 0 Å². The lowest BCUT2D eigenvalue weighted by atomic mass is 10.1. The minimum Gasteiger partial charge on any atom is -0.497 e. The molecule has 0 radical (unpaired) electrons. The average molecular weight is 432 g/mol. The molecular formula is C22H29FN4O4. The van der Waals surface area contributed by atoms with E-state index in [4.69, 9.17) is 14.6 Å². The van der Waals surface area contributed by atoms with Crippen LogP contribution in [0, 0.1) is 5.82 Å². The van der Waals surface area contributed by atoms with Crippen molar-refractivity contribution in [3.63, 3.8) is 0 Å². The van der Waals surface area contributed by atoms with Gasteiger partial charge in [-0.25, -0.2) is 9.18 Å². The summed E-state index contributed by atoms with van der Waals surface area (Å²) in [7, 11) is 1.62. The average Bonchev–Trinajstić information content (AvgIpc) is 2.74. The van der Waals surface area contributed by atoms with E-state index < -0.39 is 0 Å². The van der Waals surface area contributed by atoms with Crippen molar-refractivity contribution in [3.05, 3.63) is 54.1 Å². The second-order valence-corrected chi connectivity index (χ2v) is 7.39. The van der Waals surface area contributed by atoms with Crippen molar-refractivity contribution in [2.24, 2.45) is 0 Å². The first-order valence-corrected chi connectivity index (χ1v) is 9.97. The Bertz CT molecular complexity index is 870. The molecule has 0 saturated carbocycles. The van der Waals surface area contributed by atoms with Gasteiger partial charge in [0.05, 0.1) is 25.0 Å². The van der Waals surface area contributed by atoms with Crippen LogP contribution in [0.15, 0.2) is 42.7 Å². The zero-order chi connectivity index (χ0) is 23.0. The van der Waals surface area contributed by atoms with Crippen LogP contribution in [0.3, 0.4) is 0 Å². The van der Waals surface area contributed by atoms with E-state index in [1.807, 2.05) is 54.8 Å². The molecule has 3 atom stereocenters. The quantitative estimate of drug-likeness (QED) is 0.720. The SMILES string of the molecule is COc1cccc(C(C)NC(=O)N2[C@H](C)CN(c3ccncc3F)C[C@H]2C)c1.O=CO. The fourth-order valence-corrected chi connectivity index (χ4v) is 3.80. The molecule has 2 aromatic rings. The number of nitrogens with zero attached hydrogens (tertiary/aromatic N) is 3. The molecule has 31 heavy (non-hydrogen) atoms. The number of hydrogen-bond donors (Lipinski definition) is 2. The number of pyridine rings is 1. The largest absolute Gasteiger partial charge is 0.497 e. The molecule has 1 aliphatic heterocycles. The molecule has 168 valence electrons. The summed E-state index contributed by atoms with van der Waals surface area (Å²) < 4.78 is 19.4. The van der Waals surface area contributed by atoms with Crippen LogP contribution in [-0.2, 0) is 4.79 Å². The highest BCUT2D eigenvalue weighted by Gasteiger charge is 2.34. The molecule has 1 saturated heterocycles. The van der Waals surface area contributed by atoms with Crippen molar-refractivity contribution in [2.75, 3.05) is 25.1 Å². The standard InChI is InChI=1S/C21H27FN4O2.CH2O2/c1-14-12-25(20-8-9-23-11-19(20)22)13-15(2)26(14)21(27)24-16(3)17-6-5-7-18(10-17)28-4;2-1-3/h5-11,14-16H,12-13H2,1-4H3,(H,24,27);1H,(H,2,3)/t14-,15-,16?;/m1./s1. The van der Waals surface area contributed by atoms with E-state index in [9.17, 15) is 9.18 Å². The number of piperazine rings is 1. The van der Waals surface area contributed by atoms with Crippen LogP contribution in [0.2, 0.25) is 0 Å². The Hall–Kier alpha value is -3.36. The molecule has 8 nitrogen and oxygen atoms in total. The summed E-state index contributed by atoms with van der Waals surface area (Å²) in [5, 5.41) is 9.96. The van der Waals surface area contributed by atoms with Gasteiger partial charge >= 0.3 is 6.03 Å². The number of nitrogens with one attached hydrogen (secondary N) is 1. The van der Waals surface area contributed by atoms with E-state index in [1.165, 1.54) is 6.20 Å². The Morgan fingerprint density at radius 3 is 2.55 bits per heavy atom. The zero-order valence-corrected chi connectivity index (χ0v) is 18.2. The molecule has 0 aliphatic carbocycles. The third-order valence-electron chi connectivity index (χ3n) is 5.18. The highest BCUT2D eigenvalue weighted by atomic mass is 19.1. The number of hydrogen-bond acceptors (Lipinski definition) is 5. The van der Waals surface area contributed by atoms with Gasteiger partial charge in [-0.3, -0.25) is 9.78 Å². The number of carbonyl (C=O) groups excluding carboxylic acids is 1. The van der Waals surface area contributed by atoms with E-state index in [2.05, 4.69) is 10.3 Å². The van der Waals surface area contributed by atoms with Crippen molar-refractivity contribution in [1.29, 1.82) is 0 Å². The molecule has 2 amide bonds. The molecule has 1 fully saturated rings. The number of aromatic nitrogens is 1. The summed E-state index contributed by atoms with van der Waals surface area (Å²) in [4.78, 5) is 28.9. The van der Waals surface area contributed by atoms with Crippen molar-refractivity contribution in [3.8, 4) is 5.75 Å². The van der Waals surface area contributed by atoms with Crippen LogP contribution in [-0.4, -0.2) is 59.8 Å². The fraction of sp³-hybridized carbons (Fsp3) is 0.409. The molecule has 1 aromatic heterocycles. The van der Waals surface area contributed by atoms with Crippen molar-refractivity contribution in [1.82, 2.24) is 15.2 Å². The van der Waals surface area contributed by atoms with E-state index in [-0.39, 0.29) is 36.4 Å². The first kappa shape index (κ1) is 23.9. The lowest BCUT2D eigenvalue weighted by Crippen LogP contribution is -2.61. The van der Waals surface area contributed by atoms with E-state index in [1.54, 1.807) is 19.4 Å². The molecule has 9 heteroatoms. The number of amides is 2. The number of carbonyl (C=O) groups is 2.